The van der Waals surface area contributed by atoms with E-state index in [1.54, 1.807) is 0 Å². The van der Waals surface area contributed by atoms with Gasteiger partial charge in [-0.2, -0.15) is 0 Å². The lowest BCUT2D eigenvalue weighted by Crippen LogP contribution is -2.44. The molecule has 1 aliphatic heterocycles. The van der Waals surface area contributed by atoms with E-state index in [9.17, 15) is 4.39 Å². The number of aromatic hydroxyl groups is 1. The smallest absolute Gasteiger partial charge is 0.151 e. The summed E-state index contributed by atoms with van der Waals surface area (Å²) in [4.78, 5) is 1.88. The highest BCUT2D eigenvalue weighted by Crippen LogP contribution is 2.32. The maximum Gasteiger partial charge on any atom is 0.151 e. The zero-order valence-electron chi connectivity index (χ0n) is 8.13. The third kappa shape index (κ3) is 2.16. The third-order valence-electron chi connectivity index (χ3n) is 2.43. The zero-order chi connectivity index (χ0) is 10.8. The molecule has 0 aromatic heterocycles. The van der Waals surface area contributed by atoms with E-state index in [-0.39, 0.29) is 10.8 Å². The number of nitrogens with zero attached hydrogens (tertiary/aromatic N) is 1. The van der Waals surface area contributed by atoms with Crippen molar-refractivity contribution in [1.29, 1.82) is 0 Å². The van der Waals surface area contributed by atoms with Gasteiger partial charge in [-0.15, -0.1) is 0 Å². The first-order chi connectivity index (χ1) is 7.18. The van der Waals surface area contributed by atoms with E-state index in [2.05, 4.69) is 5.32 Å². The summed E-state index contributed by atoms with van der Waals surface area (Å²) < 4.78 is 13.6. The quantitative estimate of drug-likeness (QED) is 0.769. The van der Waals surface area contributed by atoms with Crippen LogP contribution in [-0.4, -0.2) is 31.3 Å². The molecule has 2 rings (SSSR count). The summed E-state index contributed by atoms with van der Waals surface area (Å²) >= 11 is 5.91. The molecular formula is C10H12ClFN2O. The van der Waals surface area contributed by atoms with Crippen molar-refractivity contribution in [3.05, 3.63) is 23.0 Å². The van der Waals surface area contributed by atoms with Crippen LogP contribution in [0.5, 0.6) is 5.75 Å². The minimum Gasteiger partial charge on any atom is -0.508 e. The molecule has 5 heteroatoms. The number of rotatable bonds is 1. The molecule has 0 spiro atoms. The van der Waals surface area contributed by atoms with Crippen molar-refractivity contribution < 1.29 is 9.50 Å². The lowest BCUT2D eigenvalue weighted by atomic mass is 10.2. The van der Waals surface area contributed by atoms with E-state index in [1.807, 2.05) is 4.90 Å². The molecule has 15 heavy (non-hydrogen) atoms. The van der Waals surface area contributed by atoms with Gasteiger partial charge < -0.3 is 15.3 Å². The standard InChI is InChI=1S/C10H12ClFN2O/c11-8-5-7(15)6-9(12)10(8)14-3-1-13-2-4-14/h5-6,13,15H,1-4H2. The summed E-state index contributed by atoms with van der Waals surface area (Å²) in [5, 5.41) is 12.6. The molecular weight excluding hydrogens is 219 g/mol. The highest BCUT2D eigenvalue weighted by molar-refractivity contribution is 6.33. The van der Waals surface area contributed by atoms with Gasteiger partial charge in [0.25, 0.3) is 0 Å². The number of phenolic OH excluding ortho intramolecular Hbond substituents is 1. The maximum absolute atomic E-state index is 13.6. The van der Waals surface area contributed by atoms with Crippen LogP contribution in [0.4, 0.5) is 10.1 Å². The van der Waals surface area contributed by atoms with Crippen LogP contribution in [-0.2, 0) is 0 Å². The van der Waals surface area contributed by atoms with E-state index in [0.717, 1.165) is 32.2 Å². The summed E-state index contributed by atoms with van der Waals surface area (Å²) in [6.45, 7) is 3.08. The molecule has 0 aliphatic carbocycles. The van der Waals surface area contributed by atoms with E-state index >= 15 is 0 Å². The number of phenols is 1. The van der Waals surface area contributed by atoms with Crippen LogP contribution < -0.4 is 10.2 Å². The lowest BCUT2D eigenvalue weighted by Gasteiger charge is -2.30. The Morgan fingerprint density at radius 1 is 1.33 bits per heavy atom. The highest BCUT2D eigenvalue weighted by atomic mass is 35.5. The van der Waals surface area contributed by atoms with Crippen molar-refractivity contribution in [2.24, 2.45) is 0 Å². The molecule has 1 aliphatic rings. The normalized spacial score (nSPS) is 16.8. The van der Waals surface area contributed by atoms with Gasteiger partial charge in [-0.05, 0) is 0 Å². The summed E-state index contributed by atoms with van der Waals surface area (Å²) in [5.41, 5.74) is 0.385. The van der Waals surface area contributed by atoms with Gasteiger partial charge >= 0.3 is 0 Å². The number of hydrogen-bond donors (Lipinski definition) is 2. The van der Waals surface area contributed by atoms with Gasteiger partial charge in [-0.3, -0.25) is 0 Å². The van der Waals surface area contributed by atoms with Gasteiger partial charge in [-0.25, -0.2) is 4.39 Å². The average molecular weight is 231 g/mol. The van der Waals surface area contributed by atoms with E-state index < -0.39 is 5.82 Å². The van der Waals surface area contributed by atoms with Crippen LogP contribution in [0, 0.1) is 5.82 Å². The molecule has 0 unspecified atom stereocenters. The van der Waals surface area contributed by atoms with Crippen LogP contribution in [0.3, 0.4) is 0 Å². The second-order valence-corrected chi connectivity index (χ2v) is 3.90. The lowest BCUT2D eigenvalue weighted by molar-refractivity contribution is 0.468. The monoisotopic (exact) mass is 230 g/mol. The Hall–Kier alpha value is -1.00. The summed E-state index contributed by atoms with van der Waals surface area (Å²) in [6.07, 6.45) is 0. The molecule has 0 amide bonds. The van der Waals surface area contributed by atoms with Crippen molar-refractivity contribution in [3.63, 3.8) is 0 Å². The molecule has 0 bridgehead atoms. The number of anilines is 1. The molecule has 3 nitrogen and oxygen atoms in total. The molecule has 1 fully saturated rings. The first-order valence-corrected chi connectivity index (χ1v) is 5.20. The summed E-state index contributed by atoms with van der Waals surface area (Å²) in [5.74, 6) is -0.613. The Kier molecular flexibility index (Phi) is 2.98. The Morgan fingerprint density at radius 3 is 2.60 bits per heavy atom. The first-order valence-electron chi connectivity index (χ1n) is 4.82. The molecule has 0 saturated carbocycles. The summed E-state index contributed by atoms with van der Waals surface area (Å²) in [6, 6.07) is 2.45. The second-order valence-electron chi connectivity index (χ2n) is 3.50. The van der Waals surface area contributed by atoms with E-state index in [1.165, 1.54) is 6.07 Å². The van der Waals surface area contributed by atoms with Crippen molar-refractivity contribution >= 4 is 17.3 Å². The molecule has 1 heterocycles. The second kappa shape index (κ2) is 4.24. The van der Waals surface area contributed by atoms with Crippen LogP contribution in [0.15, 0.2) is 12.1 Å². The van der Waals surface area contributed by atoms with E-state index in [0.29, 0.717) is 5.69 Å². The Bertz CT molecular complexity index is 343. The molecule has 1 aromatic rings. The number of halogens is 2. The number of nitrogens with one attached hydrogen (secondary N) is 1. The zero-order valence-corrected chi connectivity index (χ0v) is 8.89. The highest BCUT2D eigenvalue weighted by Gasteiger charge is 2.18. The average Bonchev–Trinajstić information content (AvgIpc) is 2.17. The predicted molar refractivity (Wildman–Crippen MR) is 58.2 cm³/mol. The van der Waals surface area contributed by atoms with Crippen molar-refractivity contribution in [2.45, 2.75) is 0 Å². The topological polar surface area (TPSA) is 35.5 Å². The van der Waals surface area contributed by atoms with Gasteiger partial charge in [0, 0.05) is 38.3 Å². The fourth-order valence-corrected chi connectivity index (χ4v) is 2.06. The van der Waals surface area contributed by atoms with Gasteiger partial charge in [0.05, 0.1) is 10.7 Å². The van der Waals surface area contributed by atoms with Crippen LogP contribution in [0.2, 0.25) is 5.02 Å². The van der Waals surface area contributed by atoms with Gasteiger partial charge in [0.2, 0.25) is 0 Å². The van der Waals surface area contributed by atoms with E-state index in [4.69, 9.17) is 16.7 Å². The first kappa shape index (κ1) is 10.5. The number of piperazine rings is 1. The Balaban J connectivity index is 2.33. The predicted octanol–water partition coefficient (Wildman–Crippen LogP) is 1.59. The minimum atomic E-state index is -0.470. The van der Waals surface area contributed by atoms with Crippen LogP contribution >= 0.6 is 11.6 Å². The molecule has 82 valence electrons. The van der Waals surface area contributed by atoms with Crippen LogP contribution in [0.1, 0.15) is 0 Å². The Labute approximate surface area is 92.5 Å². The van der Waals surface area contributed by atoms with Crippen LogP contribution in [0.25, 0.3) is 0 Å². The molecule has 1 saturated heterocycles. The van der Waals surface area contributed by atoms with Crippen molar-refractivity contribution in [2.75, 3.05) is 31.1 Å². The Morgan fingerprint density at radius 2 is 2.00 bits per heavy atom. The number of hydrogen-bond acceptors (Lipinski definition) is 3. The van der Waals surface area contributed by atoms with Gasteiger partial charge in [0.15, 0.2) is 5.82 Å². The van der Waals surface area contributed by atoms with Crippen molar-refractivity contribution in [3.8, 4) is 5.75 Å². The fraction of sp³-hybridized carbons (Fsp3) is 0.400. The molecule has 2 N–H and O–H groups in total. The molecule has 0 radical (unpaired) electrons. The largest absolute Gasteiger partial charge is 0.508 e. The van der Waals surface area contributed by atoms with Gasteiger partial charge in [0.1, 0.15) is 5.75 Å². The SMILES string of the molecule is Oc1cc(F)c(N2CCNCC2)c(Cl)c1. The van der Waals surface area contributed by atoms with Crippen molar-refractivity contribution in [1.82, 2.24) is 5.32 Å². The van der Waals surface area contributed by atoms with Gasteiger partial charge in [-0.1, -0.05) is 11.6 Å². The number of benzene rings is 1. The third-order valence-corrected chi connectivity index (χ3v) is 2.72. The molecule has 0 atom stereocenters. The molecule has 1 aromatic carbocycles. The maximum atomic E-state index is 13.6. The minimum absolute atomic E-state index is 0.142. The summed E-state index contributed by atoms with van der Waals surface area (Å²) in [7, 11) is 0. The fourth-order valence-electron chi connectivity index (χ4n) is 1.74.